The van der Waals surface area contributed by atoms with Crippen LogP contribution in [0.15, 0.2) is 0 Å². The van der Waals surface area contributed by atoms with E-state index in [4.69, 9.17) is 5.11 Å². The van der Waals surface area contributed by atoms with Gasteiger partial charge in [0.05, 0.1) is 6.61 Å². The zero-order valence-electron chi connectivity index (χ0n) is 5.95. The molecule has 1 heterocycles. The van der Waals surface area contributed by atoms with Crippen LogP contribution in [-0.2, 0) is 0 Å². The van der Waals surface area contributed by atoms with Crippen LogP contribution in [0.25, 0.3) is 0 Å². The second kappa shape index (κ2) is 5.29. The number of nitrogens with zero attached hydrogens (tertiary/aromatic N) is 1. The zero-order chi connectivity index (χ0) is 7.23. The van der Waals surface area contributed by atoms with E-state index in [2.05, 4.69) is 4.90 Å². The first-order valence-electron chi connectivity index (χ1n) is 3.51. The second-order valence-electron chi connectivity index (χ2n) is 2.21. The summed E-state index contributed by atoms with van der Waals surface area (Å²) in [6.07, 6.45) is 0. The van der Waals surface area contributed by atoms with Gasteiger partial charge in [0, 0.05) is 31.1 Å². The Kier molecular flexibility index (Phi) is 4.61. The van der Waals surface area contributed by atoms with Gasteiger partial charge in [-0.3, -0.25) is 4.90 Å². The Morgan fingerprint density at radius 1 is 1.20 bits per heavy atom. The summed E-state index contributed by atoms with van der Waals surface area (Å²) in [5, 5.41) is 8.66. The van der Waals surface area contributed by atoms with Gasteiger partial charge in [0.25, 0.3) is 0 Å². The van der Waals surface area contributed by atoms with Crippen molar-refractivity contribution in [3.8, 4) is 0 Å². The SMILES string of the molecule is OCCN1CCSSCC1. The summed E-state index contributed by atoms with van der Waals surface area (Å²) in [7, 11) is 3.88. The van der Waals surface area contributed by atoms with Crippen molar-refractivity contribution in [3.63, 3.8) is 0 Å². The number of β-amino-alcohol motifs (C(OH)–C–C–N with tert-alkyl or cyclic N) is 1. The molecule has 1 N–H and O–H groups in total. The van der Waals surface area contributed by atoms with E-state index in [1.807, 2.05) is 21.6 Å². The second-order valence-corrected chi connectivity index (χ2v) is 4.91. The maximum Gasteiger partial charge on any atom is 0.0558 e. The number of hydrogen-bond donors (Lipinski definition) is 1. The van der Waals surface area contributed by atoms with Crippen LogP contribution in [0.3, 0.4) is 0 Å². The van der Waals surface area contributed by atoms with Gasteiger partial charge >= 0.3 is 0 Å². The predicted molar refractivity (Wildman–Crippen MR) is 48.4 cm³/mol. The molecule has 0 aromatic rings. The van der Waals surface area contributed by atoms with E-state index in [0.29, 0.717) is 6.61 Å². The van der Waals surface area contributed by atoms with Crippen molar-refractivity contribution in [1.29, 1.82) is 0 Å². The van der Waals surface area contributed by atoms with E-state index in [-0.39, 0.29) is 0 Å². The van der Waals surface area contributed by atoms with Gasteiger partial charge in [0.2, 0.25) is 0 Å². The summed E-state index contributed by atoms with van der Waals surface area (Å²) in [4.78, 5) is 2.31. The van der Waals surface area contributed by atoms with Crippen molar-refractivity contribution >= 4 is 21.6 Å². The van der Waals surface area contributed by atoms with E-state index < -0.39 is 0 Å². The Morgan fingerprint density at radius 2 is 1.80 bits per heavy atom. The lowest BCUT2D eigenvalue weighted by atomic mass is 10.5. The first-order valence-corrected chi connectivity index (χ1v) is 6.00. The first kappa shape index (κ1) is 8.71. The number of rotatable bonds is 2. The number of hydrogen-bond acceptors (Lipinski definition) is 4. The monoisotopic (exact) mass is 179 g/mol. The van der Waals surface area contributed by atoms with Gasteiger partial charge in [-0.1, -0.05) is 21.6 Å². The Bertz CT molecular complexity index is 83.8. The van der Waals surface area contributed by atoms with Crippen LogP contribution in [0.2, 0.25) is 0 Å². The third-order valence-corrected chi connectivity index (χ3v) is 3.85. The highest BCUT2D eigenvalue weighted by Gasteiger charge is 2.07. The van der Waals surface area contributed by atoms with E-state index >= 15 is 0 Å². The molecule has 0 amide bonds. The van der Waals surface area contributed by atoms with Crippen LogP contribution in [0, 0.1) is 0 Å². The highest BCUT2D eigenvalue weighted by Crippen LogP contribution is 2.23. The molecule has 0 unspecified atom stereocenters. The molecular weight excluding hydrogens is 166 g/mol. The average Bonchev–Trinajstić information content (AvgIpc) is 2.17. The summed E-state index contributed by atoms with van der Waals surface area (Å²) in [5.74, 6) is 2.40. The lowest BCUT2D eigenvalue weighted by Crippen LogP contribution is -2.29. The Hall–Kier alpha value is 0.620. The van der Waals surface area contributed by atoms with Crippen LogP contribution in [0.4, 0.5) is 0 Å². The summed E-state index contributed by atoms with van der Waals surface area (Å²) in [6, 6.07) is 0. The molecule has 0 aliphatic carbocycles. The first-order chi connectivity index (χ1) is 4.93. The molecule has 0 radical (unpaired) electrons. The van der Waals surface area contributed by atoms with E-state index in [9.17, 15) is 0 Å². The van der Waals surface area contributed by atoms with Crippen molar-refractivity contribution in [3.05, 3.63) is 0 Å². The van der Waals surface area contributed by atoms with Crippen LogP contribution >= 0.6 is 21.6 Å². The van der Waals surface area contributed by atoms with Crippen LogP contribution in [-0.4, -0.2) is 47.8 Å². The molecule has 1 saturated heterocycles. The maximum absolute atomic E-state index is 8.66. The van der Waals surface area contributed by atoms with Gasteiger partial charge in [-0.15, -0.1) is 0 Å². The molecule has 4 heteroatoms. The molecule has 0 saturated carbocycles. The van der Waals surface area contributed by atoms with Crippen molar-refractivity contribution < 1.29 is 5.11 Å². The molecule has 0 atom stereocenters. The van der Waals surface area contributed by atoms with Gasteiger partial charge in [0.1, 0.15) is 0 Å². The molecule has 0 aromatic heterocycles. The fourth-order valence-electron chi connectivity index (χ4n) is 0.927. The Morgan fingerprint density at radius 3 is 2.30 bits per heavy atom. The van der Waals surface area contributed by atoms with Gasteiger partial charge in [-0.25, -0.2) is 0 Å². The molecule has 0 spiro atoms. The molecule has 1 rings (SSSR count). The smallest absolute Gasteiger partial charge is 0.0558 e. The standard InChI is InChI=1S/C6H13NOS2/c8-4-1-7-2-5-9-10-6-3-7/h8H,1-6H2. The minimum atomic E-state index is 0.301. The molecule has 2 nitrogen and oxygen atoms in total. The molecule has 0 aromatic carbocycles. The summed E-state index contributed by atoms with van der Waals surface area (Å²) >= 11 is 0. The highest BCUT2D eigenvalue weighted by atomic mass is 33.1. The van der Waals surface area contributed by atoms with Crippen molar-refractivity contribution in [1.82, 2.24) is 4.90 Å². The van der Waals surface area contributed by atoms with E-state index in [1.54, 1.807) is 0 Å². The normalized spacial score (nSPS) is 22.5. The van der Waals surface area contributed by atoms with Crippen LogP contribution < -0.4 is 0 Å². The minimum Gasteiger partial charge on any atom is -0.395 e. The molecule has 1 aliphatic rings. The van der Waals surface area contributed by atoms with E-state index in [0.717, 1.165) is 19.6 Å². The fourth-order valence-corrected chi connectivity index (χ4v) is 2.98. The minimum absolute atomic E-state index is 0.301. The van der Waals surface area contributed by atoms with Crippen LogP contribution in [0.5, 0.6) is 0 Å². The quantitative estimate of drug-likeness (QED) is 0.630. The lowest BCUT2D eigenvalue weighted by molar-refractivity contribution is 0.211. The summed E-state index contributed by atoms with van der Waals surface area (Å²) < 4.78 is 0. The largest absolute Gasteiger partial charge is 0.395 e. The lowest BCUT2D eigenvalue weighted by Gasteiger charge is -2.16. The average molecular weight is 179 g/mol. The fraction of sp³-hybridized carbons (Fsp3) is 1.00. The van der Waals surface area contributed by atoms with Gasteiger partial charge in [-0.2, -0.15) is 0 Å². The Labute approximate surface area is 69.8 Å². The van der Waals surface area contributed by atoms with E-state index in [1.165, 1.54) is 11.5 Å². The third kappa shape index (κ3) is 3.14. The van der Waals surface area contributed by atoms with Gasteiger partial charge in [0.15, 0.2) is 0 Å². The molecule has 1 aliphatic heterocycles. The molecule has 10 heavy (non-hydrogen) atoms. The zero-order valence-corrected chi connectivity index (χ0v) is 7.59. The highest BCUT2D eigenvalue weighted by molar-refractivity contribution is 8.76. The topological polar surface area (TPSA) is 23.5 Å². The maximum atomic E-state index is 8.66. The molecular formula is C6H13NOS2. The number of aliphatic hydroxyl groups excluding tert-OH is 1. The molecule has 1 fully saturated rings. The predicted octanol–water partition coefficient (Wildman–Crippen LogP) is 0.676. The van der Waals surface area contributed by atoms with Crippen molar-refractivity contribution in [2.45, 2.75) is 0 Å². The van der Waals surface area contributed by atoms with Crippen LogP contribution in [0.1, 0.15) is 0 Å². The van der Waals surface area contributed by atoms with Gasteiger partial charge < -0.3 is 5.11 Å². The summed E-state index contributed by atoms with van der Waals surface area (Å²) in [5.41, 5.74) is 0. The van der Waals surface area contributed by atoms with Gasteiger partial charge in [-0.05, 0) is 0 Å². The van der Waals surface area contributed by atoms with Crippen molar-refractivity contribution in [2.24, 2.45) is 0 Å². The molecule has 60 valence electrons. The third-order valence-electron chi connectivity index (χ3n) is 1.48. The Balaban J connectivity index is 2.15. The van der Waals surface area contributed by atoms with Crippen molar-refractivity contribution in [2.75, 3.05) is 37.7 Å². The summed E-state index contributed by atoms with van der Waals surface area (Å²) in [6.45, 7) is 3.42. The number of aliphatic hydroxyl groups is 1. The molecule has 0 bridgehead atoms.